The van der Waals surface area contributed by atoms with E-state index in [4.69, 9.17) is 0 Å². The Bertz CT molecular complexity index is 667. The monoisotopic (exact) mass is 298 g/mol. The quantitative estimate of drug-likeness (QED) is 0.889. The zero-order valence-corrected chi connectivity index (χ0v) is 13.5. The van der Waals surface area contributed by atoms with Crippen molar-refractivity contribution in [3.63, 3.8) is 0 Å². The van der Waals surface area contributed by atoms with Crippen molar-refractivity contribution in [2.45, 2.75) is 27.7 Å². The fourth-order valence-corrected chi connectivity index (χ4v) is 2.03. The van der Waals surface area contributed by atoms with Gasteiger partial charge >= 0.3 is 0 Å². The maximum atomic E-state index is 12.0. The summed E-state index contributed by atoms with van der Waals surface area (Å²) < 4.78 is 0. The highest BCUT2D eigenvalue weighted by Gasteiger charge is 2.09. The van der Waals surface area contributed by atoms with E-state index >= 15 is 0 Å². The van der Waals surface area contributed by atoms with Gasteiger partial charge in [-0.3, -0.25) is 4.79 Å². The standard InChI is InChI=1S/C17H22N4O/c1-11(2)9-18-17(22)15-8-16(20-10-19-15)21-14-6-5-12(3)7-13(14)4/h5-8,10-11H,9H2,1-4H3,(H,18,22)(H,19,20,21). The molecule has 22 heavy (non-hydrogen) atoms. The van der Waals surface area contributed by atoms with E-state index in [0.717, 1.165) is 11.3 Å². The SMILES string of the molecule is Cc1ccc(Nc2cc(C(=O)NCC(C)C)ncn2)c(C)c1. The maximum absolute atomic E-state index is 12.0. The summed E-state index contributed by atoms with van der Waals surface area (Å²) in [4.78, 5) is 20.2. The third-order valence-corrected chi connectivity index (χ3v) is 3.22. The van der Waals surface area contributed by atoms with Crippen molar-refractivity contribution in [1.82, 2.24) is 15.3 Å². The average Bonchev–Trinajstić information content (AvgIpc) is 2.48. The van der Waals surface area contributed by atoms with Crippen molar-refractivity contribution < 1.29 is 4.79 Å². The molecule has 116 valence electrons. The van der Waals surface area contributed by atoms with E-state index in [1.54, 1.807) is 6.07 Å². The largest absolute Gasteiger partial charge is 0.350 e. The van der Waals surface area contributed by atoms with Gasteiger partial charge < -0.3 is 10.6 Å². The van der Waals surface area contributed by atoms with Crippen LogP contribution in [0.25, 0.3) is 0 Å². The van der Waals surface area contributed by atoms with Crippen molar-refractivity contribution in [1.29, 1.82) is 0 Å². The molecule has 0 unspecified atom stereocenters. The highest BCUT2D eigenvalue weighted by molar-refractivity contribution is 5.93. The Kier molecular flexibility index (Phi) is 5.09. The van der Waals surface area contributed by atoms with Crippen LogP contribution < -0.4 is 10.6 Å². The Hall–Kier alpha value is -2.43. The molecule has 0 aliphatic carbocycles. The zero-order valence-electron chi connectivity index (χ0n) is 13.5. The number of carbonyl (C=O) groups is 1. The van der Waals surface area contributed by atoms with E-state index in [2.05, 4.69) is 33.6 Å². The number of anilines is 2. The second-order valence-corrected chi connectivity index (χ2v) is 5.84. The van der Waals surface area contributed by atoms with Gasteiger partial charge in [0.05, 0.1) is 0 Å². The van der Waals surface area contributed by atoms with Crippen LogP contribution in [0.15, 0.2) is 30.6 Å². The first-order valence-electron chi connectivity index (χ1n) is 7.40. The second-order valence-electron chi connectivity index (χ2n) is 5.84. The van der Waals surface area contributed by atoms with E-state index in [0.29, 0.717) is 24.0 Å². The van der Waals surface area contributed by atoms with Gasteiger partial charge in [-0.1, -0.05) is 31.5 Å². The van der Waals surface area contributed by atoms with Crippen LogP contribution in [0.1, 0.15) is 35.5 Å². The molecule has 1 heterocycles. The van der Waals surface area contributed by atoms with Crippen LogP contribution >= 0.6 is 0 Å². The molecule has 5 heteroatoms. The fraction of sp³-hybridized carbons (Fsp3) is 0.353. The maximum Gasteiger partial charge on any atom is 0.270 e. The number of hydrogen-bond acceptors (Lipinski definition) is 4. The van der Waals surface area contributed by atoms with Gasteiger partial charge in [0.25, 0.3) is 5.91 Å². The third-order valence-electron chi connectivity index (χ3n) is 3.22. The van der Waals surface area contributed by atoms with Crippen molar-refractivity contribution in [3.05, 3.63) is 47.4 Å². The molecule has 0 spiro atoms. The van der Waals surface area contributed by atoms with Gasteiger partial charge in [-0.15, -0.1) is 0 Å². The summed E-state index contributed by atoms with van der Waals surface area (Å²) >= 11 is 0. The minimum atomic E-state index is -0.181. The highest BCUT2D eigenvalue weighted by Crippen LogP contribution is 2.20. The second kappa shape index (κ2) is 7.02. The van der Waals surface area contributed by atoms with E-state index in [9.17, 15) is 4.79 Å². The zero-order chi connectivity index (χ0) is 16.1. The van der Waals surface area contributed by atoms with Gasteiger partial charge in [0.15, 0.2) is 0 Å². The van der Waals surface area contributed by atoms with Crippen LogP contribution in [0.2, 0.25) is 0 Å². The summed E-state index contributed by atoms with van der Waals surface area (Å²) in [5.74, 6) is 0.829. The summed E-state index contributed by atoms with van der Waals surface area (Å²) in [6.07, 6.45) is 1.40. The number of hydrogen-bond donors (Lipinski definition) is 2. The first-order valence-corrected chi connectivity index (χ1v) is 7.40. The molecular formula is C17H22N4O. The van der Waals surface area contributed by atoms with Gasteiger partial charge in [-0.05, 0) is 31.4 Å². The lowest BCUT2D eigenvalue weighted by Gasteiger charge is -2.11. The number of nitrogens with one attached hydrogen (secondary N) is 2. The summed E-state index contributed by atoms with van der Waals surface area (Å²) in [5, 5.41) is 6.08. The molecule has 1 amide bonds. The predicted molar refractivity (Wildman–Crippen MR) is 88.4 cm³/mol. The molecule has 0 bridgehead atoms. The van der Waals surface area contributed by atoms with Crippen LogP contribution in [0, 0.1) is 19.8 Å². The molecule has 2 N–H and O–H groups in total. The number of nitrogens with zero attached hydrogens (tertiary/aromatic N) is 2. The fourth-order valence-electron chi connectivity index (χ4n) is 2.03. The molecule has 0 atom stereocenters. The van der Waals surface area contributed by atoms with Gasteiger partial charge in [-0.2, -0.15) is 0 Å². The Balaban J connectivity index is 2.12. The van der Waals surface area contributed by atoms with Crippen molar-refractivity contribution in [2.75, 3.05) is 11.9 Å². The highest BCUT2D eigenvalue weighted by atomic mass is 16.1. The number of amides is 1. The van der Waals surface area contributed by atoms with Crippen LogP contribution in [-0.2, 0) is 0 Å². The average molecular weight is 298 g/mol. The molecule has 0 radical (unpaired) electrons. The van der Waals surface area contributed by atoms with Gasteiger partial charge in [0.2, 0.25) is 0 Å². The first kappa shape index (κ1) is 15.9. The number of rotatable bonds is 5. The molecule has 2 aromatic rings. The van der Waals surface area contributed by atoms with E-state index in [-0.39, 0.29) is 5.91 Å². The summed E-state index contributed by atoms with van der Waals surface area (Å²) in [5.41, 5.74) is 3.67. The topological polar surface area (TPSA) is 66.9 Å². The number of benzene rings is 1. The number of aromatic nitrogens is 2. The molecule has 0 saturated heterocycles. The van der Waals surface area contributed by atoms with Gasteiger partial charge in [0.1, 0.15) is 17.8 Å². The van der Waals surface area contributed by atoms with Crippen LogP contribution in [-0.4, -0.2) is 22.4 Å². The Morgan fingerprint density at radius 1 is 1.18 bits per heavy atom. The molecule has 2 rings (SSSR count). The smallest absolute Gasteiger partial charge is 0.270 e. The van der Waals surface area contributed by atoms with Crippen LogP contribution in [0.3, 0.4) is 0 Å². The van der Waals surface area contributed by atoms with Gasteiger partial charge in [0, 0.05) is 18.3 Å². The molecule has 1 aromatic carbocycles. The molecule has 1 aromatic heterocycles. The van der Waals surface area contributed by atoms with Crippen molar-refractivity contribution in [3.8, 4) is 0 Å². The summed E-state index contributed by atoms with van der Waals surface area (Å²) in [7, 11) is 0. The minimum absolute atomic E-state index is 0.181. The molecule has 0 fully saturated rings. The first-order chi connectivity index (χ1) is 10.5. The third kappa shape index (κ3) is 4.28. The number of carbonyl (C=O) groups excluding carboxylic acids is 1. The van der Waals surface area contributed by atoms with E-state index < -0.39 is 0 Å². The molecule has 0 aliphatic rings. The predicted octanol–water partition coefficient (Wildman–Crippen LogP) is 3.22. The summed E-state index contributed by atoms with van der Waals surface area (Å²) in [6.45, 7) is 8.81. The molecule has 0 aliphatic heterocycles. The van der Waals surface area contributed by atoms with Crippen LogP contribution in [0.4, 0.5) is 11.5 Å². The van der Waals surface area contributed by atoms with E-state index in [1.165, 1.54) is 11.9 Å². The summed E-state index contributed by atoms with van der Waals surface area (Å²) in [6, 6.07) is 7.80. The molecule has 5 nitrogen and oxygen atoms in total. The number of aryl methyl sites for hydroxylation is 2. The Morgan fingerprint density at radius 3 is 2.64 bits per heavy atom. The lowest BCUT2D eigenvalue weighted by atomic mass is 10.1. The van der Waals surface area contributed by atoms with Crippen molar-refractivity contribution in [2.24, 2.45) is 5.92 Å². The normalized spacial score (nSPS) is 10.6. The lowest BCUT2D eigenvalue weighted by molar-refractivity contribution is 0.0944. The minimum Gasteiger partial charge on any atom is -0.350 e. The molecule has 0 saturated carbocycles. The van der Waals surface area contributed by atoms with E-state index in [1.807, 2.05) is 32.9 Å². The Labute approximate surface area is 131 Å². The lowest BCUT2D eigenvalue weighted by Crippen LogP contribution is -2.28. The van der Waals surface area contributed by atoms with Gasteiger partial charge in [-0.25, -0.2) is 9.97 Å². The van der Waals surface area contributed by atoms with Crippen molar-refractivity contribution >= 4 is 17.4 Å². The Morgan fingerprint density at radius 2 is 1.95 bits per heavy atom. The van der Waals surface area contributed by atoms with Crippen LogP contribution in [0.5, 0.6) is 0 Å². The molecular weight excluding hydrogens is 276 g/mol.